The number of fused-ring (bicyclic) bond motifs is 2. The van der Waals surface area contributed by atoms with Crippen LogP contribution >= 0.6 is 17.0 Å². The molecule has 0 fully saturated rings. The second kappa shape index (κ2) is 13.2. The summed E-state index contributed by atoms with van der Waals surface area (Å²) in [6.45, 7) is 28.0. The van der Waals surface area contributed by atoms with Crippen LogP contribution in [0.15, 0.2) is 96.1 Å². The van der Waals surface area contributed by atoms with Crippen LogP contribution in [0.3, 0.4) is 0 Å². The molecule has 0 aliphatic heterocycles. The number of allylic oxidation sites excluding steroid dienone is 3. The number of hydrogen-bond donors (Lipinski definition) is 0. The predicted molar refractivity (Wildman–Crippen MR) is 223 cm³/mol. The van der Waals surface area contributed by atoms with Gasteiger partial charge in [0.15, 0.2) is 0 Å². The van der Waals surface area contributed by atoms with E-state index < -0.39 is 21.5 Å². The molecule has 2 unspecified atom stereocenters. The molecule has 0 amide bonds. The normalized spacial score (nSPS) is 18.7. The fraction of sp³-hybridized carbons (Fsp3) is 0.391. The number of rotatable bonds is 7. The standard InChI is InChI=1S/2C22H25.C2H7Si.2ClH.Zr/c1-15(2)18-13-17-7-6-8-20(21(17)14-18)16-9-11-19(12-10-16)22(3,4)5;1-6-19-15(2)14-17-8-7-9-20(21(17)19)16-10-12-18(13-11-16)22(3,4)5;1-3-2;;;/h6-15H,1-5H3;7-14H,6H2,1-5H3;3H,1-2H3;2*1H;/q;;;;;+2/p-2. The van der Waals surface area contributed by atoms with E-state index in [4.69, 9.17) is 17.0 Å². The van der Waals surface area contributed by atoms with Crippen molar-refractivity contribution in [3.05, 3.63) is 129 Å². The Morgan fingerprint density at radius 1 is 0.680 bits per heavy atom. The maximum atomic E-state index is 8.75. The molecule has 0 heterocycles. The van der Waals surface area contributed by atoms with E-state index >= 15 is 0 Å². The topological polar surface area (TPSA) is 0 Å². The second-order valence-corrected chi connectivity index (χ2v) is 60.3. The molecule has 0 bridgehead atoms. The Morgan fingerprint density at radius 2 is 1.16 bits per heavy atom. The third-order valence-electron chi connectivity index (χ3n) is 12.1. The summed E-state index contributed by atoms with van der Waals surface area (Å²) in [5.41, 5.74) is 17.8. The summed E-state index contributed by atoms with van der Waals surface area (Å²) in [5, 5.41) is 0. The summed E-state index contributed by atoms with van der Waals surface area (Å²) in [4.78, 5) is 0. The Hall–Kier alpha value is -1.96. The molecule has 0 aromatic heterocycles. The first-order valence-electron chi connectivity index (χ1n) is 18.8. The van der Waals surface area contributed by atoms with Gasteiger partial charge in [-0.3, -0.25) is 0 Å². The van der Waals surface area contributed by atoms with E-state index in [2.05, 4.69) is 173 Å². The summed E-state index contributed by atoms with van der Waals surface area (Å²) in [5.74, 6) is -1.32. The summed E-state index contributed by atoms with van der Waals surface area (Å²) in [6.07, 6.45) is 3.46. The molecule has 4 heteroatoms. The molecular formula is C46H57Cl2SiZr. The van der Waals surface area contributed by atoms with Crippen molar-refractivity contribution in [1.82, 2.24) is 0 Å². The van der Waals surface area contributed by atoms with Gasteiger partial charge in [-0.15, -0.1) is 0 Å². The first-order chi connectivity index (χ1) is 23.3. The maximum absolute atomic E-state index is 8.75. The van der Waals surface area contributed by atoms with Crippen molar-refractivity contribution in [1.29, 1.82) is 0 Å². The third-order valence-corrected chi connectivity index (χ3v) is 64.0. The van der Waals surface area contributed by atoms with Crippen molar-refractivity contribution in [2.75, 3.05) is 0 Å². The summed E-state index contributed by atoms with van der Waals surface area (Å²) in [7, 11) is 17.5. The first-order valence-corrected chi connectivity index (χ1v) is 35.1. The van der Waals surface area contributed by atoms with Crippen molar-refractivity contribution in [3.63, 3.8) is 0 Å². The van der Waals surface area contributed by atoms with Gasteiger partial charge in [-0.1, -0.05) is 0 Å². The van der Waals surface area contributed by atoms with Crippen molar-refractivity contribution < 1.29 is 15.6 Å². The van der Waals surface area contributed by atoms with Gasteiger partial charge in [0.05, 0.1) is 0 Å². The molecule has 0 saturated carbocycles. The Morgan fingerprint density at radius 3 is 1.62 bits per heavy atom. The van der Waals surface area contributed by atoms with E-state index in [1.807, 2.05) is 0 Å². The Bertz CT molecular complexity index is 2000. The molecule has 4 aromatic carbocycles. The van der Waals surface area contributed by atoms with Crippen LogP contribution in [-0.4, -0.2) is 5.92 Å². The van der Waals surface area contributed by atoms with Crippen molar-refractivity contribution in [2.45, 2.75) is 107 Å². The molecule has 0 nitrogen and oxygen atoms in total. The van der Waals surface area contributed by atoms with Crippen LogP contribution < -0.4 is 0 Å². The number of halogens is 2. The zero-order valence-electron chi connectivity index (χ0n) is 32.4. The van der Waals surface area contributed by atoms with Crippen LogP contribution in [0.1, 0.15) is 116 Å². The minimum atomic E-state index is -4.89. The second-order valence-electron chi connectivity index (χ2n) is 17.8. The van der Waals surface area contributed by atoms with Crippen LogP contribution in [0.25, 0.3) is 33.9 Å². The van der Waals surface area contributed by atoms with Crippen molar-refractivity contribution in [2.24, 2.45) is 5.92 Å². The fourth-order valence-electron chi connectivity index (χ4n) is 9.08. The van der Waals surface area contributed by atoms with E-state index in [0.29, 0.717) is 5.92 Å². The molecule has 50 heavy (non-hydrogen) atoms. The van der Waals surface area contributed by atoms with Gasteiger partial charge >= 0.3 is 315 Å². The van der Waals surface area contributed by atoms with Crippen LogP contribution in [-0.2, 0) is 26.4 Å². The minimum absolute atomic E-state index is 0.0777. The van der Waals surface area contributed by atoms with Gasteiger partial charge in [-0.25, -0.2) is 0 Å². The quantitative estimate of drug-likeness (QED) is 0.163. The summed E-state index contributed by atoms with van der Waals surface area (Å²) < 4.78 is 0.159. The molecular weight excluding hydrogens is 743 g/mol. The van der Waals surface area contributed by atoms with Gasteiger partial charge < -0.3 is 0 Å². The average molecular weight is 800 g/mol. The van der Waals surface area contributed by atoms with Crippen LogP contribution in [0.2, 0.25) is 13.1 Å². The van der Waals surface area contributed by atoms with Crippen LogP contribution in [0, 0.1) is 5.92 Å². The number of hydrogen-bond acceptors (Lipinski definition) is 0. The van der Waals surface area contributed by atoms with Crippen molar-refractivity contribution >= 4 is 34.6 Å². The molecule has 0 N–H and O–H groups in total. The van der Waals surface area contributed by atoms with E-state index in [9.17, 15) is 0 Å². The molecule has 6 rings (SSSR count). The average Bonchev–Trinajstić information content (AvgIpc) is 3.60. The monoisotopic (exact) mass is 797 g/mol. The molecule has 2 aliphatic carbocycles. The molecule has 4 aromatic rings. The zero-order valence-corrected chi connectivity index (χ0v) is 37.6. The van der Waals surface area contributed by atoms with Crippen LogP contribution in [0.5, 0.6) is 0 Å². The molecule has 0 radical (unpaired) electrons. The van der Waals surface area contributed by atoms with Gasteiger partial charge in [0, 0.05) is 0 Å². The van der Waals surface area contributed by atoms with E-state index in [1.165, 1.54) is 72.4 Å². The molecule has 0 saturated heterocycles. The van der Waals surface area contributed by atoms with E-state index in [-0.39, 0.29) is 18.1 Å². The van der Waals surface area contributed by atoms with E-state index in [0.717, 1.165) is 6.42 Å². The third kappa shape index (κ3) is 6.07. The first kappa shape index (κ1) is 37.8. The van der Waals surface area contributed by atoms with Crippen LogP contribution in [0.4, 0.5) is 0 Å². The summed E-state index contributed by atoms with van der Waals surface area (Å²) in [6, 6.07) is 32.3. The zero-order chi connectivity index (χ0) is 36.6. The van der Waals surface area contributed by atoms with Gasteiger partial charge in [0.25, 0.3) is 0 Å². The fourth-order valence-corrected chi connectivity index (χ4v) is 41.2. The Balaban J connectivity index is 1.56. The molecule has 0 spiro atoms. The Kier molecular flexibility index (Phi) is 9.95. The van der Waals surface area contributed by atoms with Crippen molar-refractivity contribution in [3.8, 4) is 22.3 Å². The van der Waals surface area contributed by atoms with Gasteiger partial charge in [-0.05, 0) is 0 Å². The van der Waals surface area contributed by atoms with Gasteiger partial charge in [0.2, 0.25) is 0 Å². The molecule has 263 valence electrons. The van der Waals surface area contributed by atoms with E-state index in [1.54, 1.807) is 0 Å². The van der Waals surface area contributed by atoms with Gasteiger partial charge in [0.1, 0.15) is 0 Å². The SMILES string of the molecule is CCC1=C(C)[CH]([Zr]([Cl])([Cl])([CH]2C(C(C)C)=Cc3c(-c4ccc(C(C)(C)C)cc4)cccc32)[SiH](C)C)c2cccc(-c3ccc(C(C)(C)C)cc3)c21. The molecule has 2 aliphatic rings. The Labute approximate surface area is 312 Å². The number of benzene rings is 4. The summed E-state index contributed by atoms with van der Waals surface area (Å²) >= 11 is -4.89. The predicted octanol–water partition coefficient (Wildman–Crippen LogP) is 14.6. The molecule has 2 atom stereocenters. The van der Waals surface area contributed by atoms with Gasteiger partial charge in [-0.2, -0.15) is 0 Å².